The summed E-state index contributed by atoms with van der Waals surface area (Å²) in [4.78, 5) is 14.7. The Hall–Kier alpha value is -1.90. The molecular formula is C18H27NO2. The highest BCUT2D eigenvalue weighted by atomic mass is 16.5. The van der Waals surface area contributed by atoms with Crippen LogP contribution in [0.3, 0.4) is 0 Å². The van der Waals surface area contributed by atoms with E-state index in [0.717, 1.165) is 18.5 Å². The van der Waals surface area contributed by atoms with E-state index in [0.29, 0.717) is 12.5 Å². The van der Waals surface area contributed by atoms with Crippen molar-refractivity contribution in [2.75, 3.05) is 6.61 Å². The van der Waals surface area contributed by atoms with Gasteiger partial charge >= 0.3 is 5.97 Å². The van der Waals surface area contributed by atoms with E-state index in [1.165, 1.54) is 18.9 Å². The average Bonchev–Trinajstić information content (AvgIpc) is 2.56. The lowest BCUT2D eigenvalue weighted by Gasteiger charge is -2.13. The van der Waals surface area contributed by atoms with Crippen LogP contribution in [0, 0.1) is 5.92 Å². The first-order valence-electron chi connectivity index (χ1n) is 7.50. The fourth-order valence-electron chi connectivity index (χ4n) is 1.65. The van der Waals surface area contributed by atoms with Crippen molar-refractivity contribution in [1.82, 2.24) is 4.98 Å². The minimum Gasteiger partial charge on any atom is -0.462 e. The SMILES string of the molecule is C=CC(=O)OCC(CC)CCCC.C=Cc1ccccn1. The predicted molar refractivity (Wildman–Crippen MR) is 88.8 cm³/mol. The molecule has 3 heteroatoms. The maximum absolute atomic E-state index is 10.8. The Morgan fingerprint density at radius 2 is 2.14 bits per heavy atom. The lowest BCUT2D eigenvalue weighted by atomic mass is 10.0. The van der Waals surface area contributed by atoms with Crippen LogP contribution in [0.4, 0.5) is 0 Å². The molecule has 0 aliphatic heterocycles. The lowest BCUT2D eigenvalue weighted by Crippen LogP contribution is -2.12. The van der Waals surface area contributed by atoms with Gasteiger partial charge < -0.3 is 4.74 Å². The van der Waals surface area contributed by atoms with Crippen molar-refractivity contribution < 1.29 is 9.53 Å². The van der Waals surface area contributed by atoms with Gasteiger partial charge in [-0.3, -0.25) is 4.98 Å². The maximum Gasteiger partial charge on any atom is 0.330 e. The number of hydrogen-bond acceptors (Lipinski definition) is 3. The van der Waals surface area contributed by atoms with Crippen LogP contribution in [-0.4, -0.2) is 17.6 Å². The molecule has 0 bridgehead atoms. The lowest BCUT2D eigenvalue weighted by molar-refractivity contribution is -0.139. The van der Waals surface area contributed by atoms with Gasteiger partial charge in [0.2, 0.25) is 0 Å². The Labute approximate surface area is 128 Å². The summed E-state index contributed by atoms with van der Waals surface area (Å²) < 4.78 is 4.98. The van der Waals surface area contributed by atoms with E-state index in [2.05, 4.69) is 32.0 Å². The van der Waals surface area contributed by atoms with Gasteiger partial charge in [0.25, 0.3) is 0 Å². The molecule has 0 N–H and O–H groups in total. The number of rotatable bonds is 8. The quantitative estimate of drug-likeness (QED) is 0.516. The molecule has 0 amide bonds. The third-order valence-electron chi connectivity index (χ3n) is 3.07. The number of unbranched alkanes of at least 4 members (excludes halogenated alkanes) is 1. The van der Waals surface area contributed by atoms with Gasteiger partial charge in [-0.25, -0.2) is 4.79 Å². The molecule has 1 aromatic heterocycles. The fraction of sp³-hybridized carbons (Fsp3) is 0.444. The van der Waals surface area contributed by atoms with Crippen LogP contribution < -0.4 is 0 Å². The van der Waals surface area contributed by atoms with Gasteiger partial charge in [0.1, 0.15) is 0 Å². The smallest absolute Gasteiger partial charge is 0.330 e. The molecule has 1 unspecified atom stereocenters. The van der Waals surface area contributed by atoms with Gasteiger partial charge in [0, 0.05) is 12.3 Å². The second kappa shape index (κ2) is 13.1. The van der Waals surface area contributed by atoms with Gasteiger partial charge in [-0.15, -0.1) is 0 Å². The molecule has 0 saturated heterocycles. The normalized spacial score (nSPS) is 10.8. The molecule has 0 spiro atoms. The highest BCUT2D eigenvalue weighted by molar-refractivity contribution is 5.81. The second-order valence-corrected chi connectivity index (χ2v) is 4.71. The number of pyridine rings is 1. The van der Waals surface area contributed by atoms with Gasteiger partial charge in [-0.2, -0.15) is 0 Å². The maximum atomic E-state index is 10.8. The third-order valence-corrected chi connectivity index (χ3v) is 3.07. The summed E-state index contributed by atoms with van der Waals surface area (Å²) in [7, 11) is 0. The summed E-state index contributed by atoms with van der Waals surface area (Å²) in [6.07, 6.45) is 9.32. The Morgan fingerprint density at radius 1 is 1.38 bits per heavy atom. The topological polar surface area (TPSA) is 39.2 Å². The number of nitrogens with zero attached hydrogens (tertiary/aromatic N) is 1. The van der Waals surface area contributed by atoms with Crippen LogP contribution in [0.15, 0.2) is 43.6 Å². The molecule has 0 aromatic carbocycles. The largest absolute Gasteiger partial charge is 0.462 e. The van der Waals surface area contributed by atoms with Crippen LogP contribution in [0.2, 0.25) is 0 Å². The Balaban J connectivity index is 0.000000423. The van der Waals surface area contributed by atoms with Crippen molar-refractivity contribution in [3.05, 3.63) is 49.3 Å². The van der Waals surface area contributed by atoms with Crippen molar-refractivity contribution in [1.29, 1.82) is 0 Å². The zero-order valence-corrected chi connectivity index (χ0v) is 13.3. The molecule has 1 aromatic rings. The average molecular weight is 289 g/mol. The molecule has 0 fully saturated rings. The summed E-state index contributed by atoms with van der Waals surface area (Å²) in [5.74, 6) is 0.207. The fourth-order valence-corrected chi connectivity index (χ4v) is 1.65. The first kappa shape index (κ1) is 19.1. The molecule has 1 rings (SSSR count). The van der Waals surface area contributed by atoms with Gasteiger partial charge in [0.15, 0.2) is 0 Å². The van der Waals surface area contributed by atoms with Crippen molar-refractivity contribution >= 4 is 12.0 Å². The zero-order valence-electron chi connectivity index (χ0n) is 13.3. The first-order valence-corrected chi connectivity index (χ1v) is 7.50. The molecular weight excluding hydrogens is 262 g/mol. The van der Waals surface area contributed by atoms with Crippen LogP contribution >= 0.6 is 0 Å². The molecule has 0 aliphatic carbocycles. The van der Waals surface area contributed by atoms with E-state index in [-0.39, 0.29) is 5.97 Å². The number of esters is 1. The second-order valence-electron chi connectivity index (χ2n) is 4.71. The van der Waals surface area contributed by atoms with E-state index in [1.807, 2.05) is 18.2 Å². The van der Waals surface area contributed by atoms with E-state index >= 15 is 0 Å². The van der Waals surface area contributed by atoms with Crippen LogP contribution in [0.25, 0.3) is 6.08 Å². The van der Waals surface area contributed by atoms with Crippen LogP contribution in [-0.2, 0) is 9.53 Å². The Morgan fingerprint density at radius 3 is 2.57 bits per heavy atom. The molecule has 0 saturated carbocycles. The minimum atomic E-state index is -0.310. The van der Waals surface area contributed by atoms with Gasteiger partial charge in [-0.1, -0.05) is 52.3 Å². The molecule has 3 nitrogen and oxygen atoms in total. The summed E-state index contributed by atoms with van der Waals surface area (Å²) in [6, 6.07) is 5.73. The van der Waals surface area contributed by atoms with E-state index < -0.39 is 0 Å². The number of carbonyl (C=O) groups is 1. The van der Waals surface area contributed by atoms with Gasteiger partial charge in [-0.05, 0) is 30.5 Å². The summed E-state index contributed by atoms with van der Waals surface area (Å²) in [6.45, 7) is 11.8. The molecule has 116 valence electrons. The molecule has 1 atom stereocenters. The van der Waals surface area contributed by atoms with Crippen LogP contribution in [0.5, 0.6) is 0 Å². The molecule has 1 heterocycles. The molecule has 0 aliphatic rings. The highest BCUT2D eigenvalue weighted by Crippen LogP contribution is 2.12. The molecule has 21 heavy (non-hydrogen) atoms. The Bertz CT molecular complexity index is 401. The highest BCUT2D eigenvalue weighted by Gasteiger charge is 2.07. The van der Waals surface area contributed by atoms with Gasteiger partial charge in [0.05, 0.1) is 12.3 Å². The third kappa shape index (κ3) is 10.5. The minimum absolute atomic E-state index is 0.310. The monoisotopic (exact) mass is 289 g/mol. The van der Waals surface area contributed by atoms with E-state index in [1.54, 1.807) is 12.3 Å². The van der Waals surface area contributed by atoms with Crippen LogP contribution in [0.1, 0.15) is 45.2 Å². The number of carbonyl (C=O) groups excluding carboxylic acids is 1. The van der Waals surface area contributed by atoms with Crippen molar-refractivity contribution in [2.45, 2.75) is 39.5 Å². The standard InChI is InChI=1S/C11H20O2.C7H7N/c1-4-7-8-10(5-2)9-13-11(12)6-3;1-2-7-5-3-4-6-8-7/h6,10H,3-5,7-9H2,1-2H3;2-6H,1H2. The van der Waals surface area contributed by atoms with Crippen molar-refractivity contribution in [2.24, 2.45) is 5.92 Å². The summed E-state index contributed by atoms with van der Waals surface area (Å²) >= 11 is 0. The summed E-state index contributed by atoms with van der Waals surface area (Å²) in [5.41, 5.74) is 0.924. The number of aromatic nitrogens is 1. The first-order chi connectivity index (χ1) is 10.2. The molecule has 0 radical (unpaired) electrons. The Kier molecular flexibility index (Phi) is 11.9. The number of ether oxygens (including phenoxy) is 1. The zero-order chi connectivity index (χ0) is 15.9. The van der Waals surface area contributed by atoms with E-state index in [9.17, 15) is 4.79 Å². The predicted octanol–water partition coefficient (Wildman–Crippen LogP) is 4.66. The number of hydrogen-bond donors (Lipinski definition) is 0. The summed E-state index contributed by atoms with van der Waals surface area (Å²) in [5, 5.41) is 0. The van der Waals surface area contributed by atoms with E-state index in [4.69, 9.17) is 4.74 Å². The van der Waals surface area contributed by atoms with Crippen molar-refractivity contribution in [3.63, 3.8) is 0 Å². The van der Waals surface area contributed by atoms with Crippen molar-refractivity contribution in [3.8, 4) is 0 Å².